The molecule has 0 radical (unpaired) electrons. The van der Waals surface area contributed by atoms with Crippen LogP contribution in [-0.4, -0.2) is 37.9 Å². The highest BCUT2D eigenvalue weighted by Crippen LogP contribution is 2.45. The first kappa shape index (κ1) is 22.3. The van der Waals surface area contributed by atoms with Crippen LogP contribution in [0.1, 0.15) is 37.3 Å². The van der Waals surface area contributed by atoms with E-state index in [0.717, 1.165) is 54.1 Å². The number of nitriles is 1. The van der Waals surface area contributed by atoms with Crippen molar-refractivity contribution in [1.82, 2.24) is 4.57 Å². The first-order chi connectivity index (χ1) is 16.3. The maximum atomic E-state index is 12.0. The monoisotopic (exact) mass is 479 g/mol. The summed E-state index contributed by atoms with van der Waals surface area (Å²) in [5, 5.41) is 13.5. The van der Waals surface area contributed by atoms with E-state index in [4.69, 9.17) is 9.47 Å². The fourth-order valence-corrected chi connectivity index (χ4v) is 4.36. The SMILES string of the molecule is CS(=O)(=O)COc1ccc2c(C#N)c(-c3ccc(NC(=O)OCC4CC4)cc3)n(C3CC3)c2c1. The molecule has 1 amide bonds. The number of hydrogen-bond donors (Lipinski definition) is 1. The van der Waals surface area contributed by atoms with Crippen LogP contribution in [0, 0.1) is 17.2 Å². The number of hydrogen-bond acceptors (Lipinski definition) is 6. The Morgan fingerprint density at radius 2 is 1.88 bits per heavy atom. The van der Waals surface area contributed by atoms with Crippen LogP contribution in [0.3, 0.4) is 0 Å². The topological polar surface area (TPSA) is 110 Å². The Balaban J connectivity index is 1.46. The van der Waals surface area contributed by atoms with Crippen LogP contribution in [0.25, 0.3) is 22.2 Å². The molecule has 0 saturated heterocycles. The van der Waals surface area contributed by atoms with Crippen molar-refractivity contribution in [2.45, 2.75) is 31.7 Å². The maximum Gasteiger partial charge on any atom is 0.411 e. The van der Waals surface area contributed by atoms with E-state index < -0.39 is 21.9 Å². The molecule has 1 heterocycles. The van der Waals surface area contributed by atoms with Crippen molar-refractivity contribution in [3.05, 3.63) is 48.0 Å². The van der Waals surface area contributed by atoms with E-state index in [0.29, 0.717) is 29.5 Å². The summed E-state index contributed by atoms with van der Waals surface area (Å²) in [5.41, 5.74) is 3.68. The number of anilines is 1. The van der Waals surface area contributed by atoms with E-state index >= 15 is 0 Å². The number of ether oxygens (including phenoxy) is 2. The highest BCUT2D eigenvalue weighted by Gasteiger charge is 2.31. The standard InChI is InChI=1S/C25H25N3O5S/c1-34(30,31)15-33-20-10-11-21-22(13-26)24(28(19-8-9-19)23(21)12-20)17-4-6-18(7-5-17)27-25(29)32-14-16-2-3-16/h4-7,10-12,16,19H,2-3,8-9,14-15H2,1H3,(H,27,29). The first-order valence-electron chi connectivity index (χ1n) is 11.2. The van der Waals surface area contributed by atoms with Gasteiger partial charge in [-0.05, 0) is 61.4 Å². The number of carbonyl (C=O) groups is 1. The number of benzene rings is 2. The van der Waals surface area contributed by atoms with Gasteiger partial charge < -0.3 is 14.0 Å². The molecule has 9 heteroatoms. The molecule has 5 rings (SSSR count). The Kier molecular flexibility index (Phi) is 5.70. The van der Waals surface area contributed by atoms with Gasteiger partial charge >= 0.3 is 6.09 Å². The van der Waals surface area contributed by atoms with Gasteiger partial charge in [-0.25, -0.2) is 13.2 Å². The van der Waals surface area contributed by atoms with Gasteiger partial charge in [0.1, 0.15) is 11.8 Å². The van der Waals surface area contributed by atoms with Crippen LogP contribution in [0.5, 0.6) is 5.75 Å². The van der Waals surface area contributed by atoms with E-state index in [1.165, 1.54) is 0 Å². The molecule has 0 bridgehead atoms. The van der Waals surface area contributed by atoms with Crippen molar-refractivity contribution in [3.63, 3.8) is 0 Å². The summed E-state index contributed by atoms with van der Waals surface area (Å²) >= 11 is 0. The summed E-state index contributed by atoms with van der Waals surface area (Å²) in [7, 11) is -3.28. The number of rotatable bonds is 8. The zero-order valence-corrected chi connectivity index (χ0v) is 19.6. The number of fused-ring (bicyclic) bond motifs is 1. The number of nitrogens with zero attached hydrogens (tertiary/aromatic N) is 2. The van der Waals surface area contributed by atoms with Crippen LogP contribution in [0.2, 0.25) is 0 Å². The van der Waals surface area contributed by atoms with E-state index in [2.05, 4.69) is 16.0 Å². The van der Waals surface area contributed by atoms with Gasteiger partial charge in [0.05, 0.1) is 23.4 Å². The Morgan fingerprint density at radius 3 is 2.50 bits per heavy atom. The van der Waals surface area contributed by atoms with Crippen molar-refractivity contribution < 1.29 is 22.7 Å². The third-order valence-electron chi connectivity index (χ3n) is 5.99. The molecule has 2 aromatic carbocycles. The summed E-state index contributed by atoms with van der Waals surface area (Å²) in [4.78, 5) is 12.0. The van der Waals surface area contributed by atoms with E-state index in [1.54, 1.807) is 30.3 Å². The quantitative estimate of drug-likeness (QED) is 0.494. The minimum atomic E-state index is -3.28. The molecule has 1 aromatic heterocycles. The van der Waals surface area contributed by atoms with Gasteiger partial charge in [-0.15, -0.1) is 0 Å². The Hall–Kier alpha value is -3.51. The van der Waals surface area contributed by atoms with Crippen LogP contribution < -0.4 is 10.1 Å². The van der Waals surface area contributed by atoms with Crippen LogP contribution in [-0.2, 0) is 14.6 Å². The van der Waals surface area contributed by atoms with Crippen molar-refractivity contribution in [2.75, 3.05) is 24.1 Å². The van der Waals surface area contributed by atoms with Gasteiger partial charge in [0.2, 0.25) is 0 Å². The van der Waals surface area contributed by atoms with Crippen molar-refractivity contribution in [1.29, 1.82) is 5.26 Å². The van der Waals surface area contributed by atoms with Gasteiger partial charge in [-0.3, -0.25) is 5.32 Å². The van der Waals surface area contributed by atoms with Gasteiger partial charge in [-0.2, -0.15) is 5.26 Å². The normalized spacial score (nSPS) is 15.6. The largest absolute Gasteiger partial charge is 0.478 e. The average molecular weight is 480 g/mol. The number of carbonyl (C=O) groups excluding carboxylic acids is 1. The third kappa shape index (κ3) is 4.87. The predicted molar refractivity (Wildman–Crippen MR) is 128 cm³/mol. The first-order valence-corrected chi connectivity index (χ1v) is 13.3. The molecule has 3 aromatic rings. The number of aromatic nitrogens is 1. The lowest BCUT2D eigenvalue weighted by molar-refractivity contribution is 0.156. The van der Waals surface area contributed by atoms with Crippen LogP contribution in [0.4, 0.5) is 10.5 Å². The molecular formula is C25H25N3O5S. The molecule has 1 N–H and O–H groups in total. The smallest absolute Gasteiger partial charge is 0.411 e. The Bertz CT molecular complexity index is 1400. The Labute approximate surface area is 198 Å². The molecule has 0 spiro atoms. The fraction of sp³-hybridized carbons (Fsp3) is 0.360. The second-order valence-corrected chi connectivity index (χ2v) is 11.1. The van der Waals surface area contributed by atoms with Crippen molar-refractivity contribution in [3.8, 4) is 23.1 Å². The maximum absolute atomic E-state index is 12.0. The second-order valence-electron chi connectivity index (χ2n) is 9.05. The summed E-state index contributed by atoms with van der Waals surface area (Å²) in [6.45, 7) is 0.451. The zero-order valence-electron chi connectivity index (χ0n) is 18.8. The molecule has 2 aliphatic carbocycles. The van der Waals surface area contributed by atoms with E-state index in [9.17, 15) is 18.5 Å². The van der Waals surface area contributed by atoms with Gasteiger partial charge in [0.15, 0.2) is 15.8 Å². The number of nitrogens with one attached hydrogen (secondary N) is 1. The lowest BCUT2D eigenvalue weighted by atomic mass is 10.1. The molecule has 2 saturated carbocycles. The second kappa shape index (κ2) is 8.69. The lowest BCUT2D eigenvalue weighted by Gasteiger charge is -2.12. The van der Waals surface area contributed by atoms with Gasteiger partial charge in [0.25, 0.3) is 0 Å². The minimum absolute atomic E-state index is 0.264. The summed E-state index contributed by atoms with van der Waals surface area (Å²) in [6.07, 6.45) is 4.89. The summed E-state index contributed by atoms with van der Waals surface area (Å²) < 4.78 is 35.8. The molecular weight excluding hydrogens is 454 g/mol. The molecule has 176 valence electrons. The van der Waals surface area contributed by atoms with Gasteiger partial charge in [-0.1, -0.05) is 12.1 Å². The fourth-order valence-electron chi connectivity index (χ4n) is 4.01. The molecule has 2 aliphatic rings. The number of sulfone groups is 1. The molecule has 34 heavy (non-hydrogen) atoms. The van der Waals surface area contributed by atoms with Crippen molar-refractivity contribution in [2.24, 2.45) is 5.92 Å². The van der Waals surface area contributed by atoms with Crippen LogP contribution in [0.15, 0.2) is 42.5 Å². The zero-order chi connectivity index (χ0) is 23.9. The van der Waals surface area contributed by atoms with Crippen molar-refractivity contribution >= 4 is 32.5 Å². The summed E-state index contributed by atoms with van der Waals surface area (Å²) in [6, 6.07) is 15.3. The lowest BCUT2D eigenvalue weighted by Crippen LogP contribution is -2.14. The average Bonchev–Trinajstić information content (AvgIpc) is 3.73. The van der Waals surface area contributed by atoms with Crippen LogP contribution >= 0.6 is 0 Å². The predicted octanol–water partition coefficient (Wildman–Crippen LogP) is 4.85. The Morgan fingerprint density at radius 1 is 1.15 bits per heavy atom. The molecule has 0 unspecified atom stereocenters. The molecule has 8 nitrogen and oxygen atoms in total. The molecule has 2 fully saturated rings. The highest BCUT2D eigenvalue weighted by molar-refractivity contribution is 7.90. The summed E-state index contributed by atoms with van der Waals surface area (Å²) in [5.74, 6) is 0.537. The van der Waals surface area contributed by atoms with Gasteiger partial charge in [0, 0.05) is 29.4 Å². The minimum Gasteiger partial charge on any atom is -0.478 e. The number of amides is 1. The third-order valence-corrected chi connectivity index (χ3v) is 6.54. The molecule has 0 atom stereocenters. The highest BCUT2D eigenvalue weighted by atomic mass is 32.2. The molecule has 0 aliphatic heterocycles. The van der Waals surface area contributed by atoms with E-state index in [1.807, 2.05) is 12.1 Å². The van der Waals surface area contributed by atoms with E-state index in [-0.39, 0.29) is 6.04 Å².